The quantitative estimate of drug-likeness (QED) is 0.720. The minimum Gasteiger partial charge on any atom is -0.369 e. The van der Waals surface area contributed by atoms with Gasteiger partial charge in [0, 0.05) is 18.0 Å². The van der Waals surface area contributed by atoms with Crippen molar-refractivity contribution in [1.29, 1.82) is 0 Å². The van der Waals surface area contributed by atoms with Gasteiger partial charge >= 0.3 is 0 Å². The highest BCUT2D eigenvalue weighted by Gasteiger charge is 2.09. The van der Waals surface area contributed by atoms with Crippen LogP contribution in [-0.2, 0) is 6.42 Å². The lowest BCUT2D eigenvalue weighted by molar-refractivity contribution is 0.510. The molecule has 0 atom stereocenters. The van der Waals surface area contributed by atoms with Crippen LogP contribution >= 0.6 is 0 Å². The van der Waals surface area contributed by atoms with Crippen molar-refractivity contribution in [2.75, 3.05) is 11.9 Å². The van der Waals surface area contributed by atoms with Crippen molar-refractivity contribution in [2.45, 2.75) is 12.8 Å². The van der Waals surface area contributed by atoms with Gasteiger partial charge in [-0.05, 0) is 36.6 Å². The average Bonchev–Trinajstić information content (AvgIpc) is 2.55. The molecule has 6 heteroatoms. The number of hydrogen-bond donors (Lipinski definition) is 1. The standard InChI is InChI=1S/C17H14F3N3/c18-12-5-3-11(4-6-12)2-1-7-21-17-13-8-14(19)15(20)9-16(13)22-10-23-17/h3-6,8-10H,1-2,7H2,(H,21,22,23). The van der Waals surface area contributed by atoms with Gasteiger partial charge in [-0.15, -0.1) is 0 Å². The van der Waals surface area contributed by atoms with Gasteiger partial charge in [0.05, 0.1) is 5.52 Å². The molecule has 0 saturated carbocycles. The molecular weight excluding hydrogens is 303 g/mol. The van der Waals surface area contributed by atoms with E-state index in [0.717, 1.165) is 30.5 Å². The monoisotopic (exact) mass is 317 g/mol. The molecule has 2 aromatic carbocycles. The zero-order chi connectivity index (χ0) is 16.2. The van der Waals surface area contributed by atoms with Crippen molar-refractivity contribution in [3.05, 3.63) is 65.7 Å². The van der Waals surface area contributed by atoms with Crippen molar-refractivity contribution in [1.82, 2.24) is 9.97 Å². The highest BCUT2D eigenvalue weighted by atomic mass is 19.2. The number of nitrogens with zero attached hydrogens (tertiary/aromatic N) is 2. The van der Waals surface area contributed by atoms with Crippen molar-refractivity contribution in [2.24, 2.45) is 0 Å². The van der Waals surface area contributed by atoms with E-state index < -0.39 is 11.6 Å². The Balaban J connectivity index is 1.65. The Morgan fingerprint density at radius 3 is 2.43 bits per heavy atom. The molecule has 0 spiro atoms. The van der Waals surface area contributed by atoms with Gasteiger partial charge in [-0.1, -0.05) is 12.1 Å². The maximum Gasteiger partial charge on any atom is 0.161 e. The summed E-state index contributed by atoms with van der Waals surface area (Å²) in [5.74, 6) is -1.65. The van der Waals surface area contributed by atoms with Crippen LogP contribution in [0.1, 0.15) is 12.0 Å². The number of benzene rings is 2. The summed E-state index contributed by atoms with van der Waals surface area (Å²) in [6.45, 7) is 0.600. The molecule has 0 radical (unpaired) electrons. The zero-order valence-electron chi connectivity index (χ0n) is 12.2. The molecule has 3 nitrogen and oxygen atoms in total. The lowest BCUT2D eigenvalue weighted by atomic mass is 10.1. The van der Waals surface area contributed by atoms with Crippen molar-refractivity contribution in [3.63, 3.8) is 0 Å². The van der Waals surface area contributed by atoms with Crippen molar-refractivity contribution >= 4 is 16.7 Å². The van der Waals surface area contributed by atoms with E-state index in [0.29, 0.717) is 23.3 Å². The second-order valence-electron chi connectivity index (χ2n) is 5.16. The van der Waals surface area contributed by atoms with Crippen molar-refractivity contribution in [3.8, 4) is 0 Å². The van der Waals surface area contributed by atoms with Crippen LogP contribution in [0.5, 0.6) is 0 Å². The normalized spacial score (nSPS) is 10.9. The van der Waals surface area contributed by atoms with Gasteiger partial charge in [0.2, 0.25) is 0 Å². The molecule has 0 fully saturated rings. The second-order valence-corrected chi connectivity index (χ2v) is 5.16. The van der Waals surface area contributed by atoms with E-state index in [2.05, 4.69) is 15.3 Å². The second kappa shape index (κ2) is 6.64. The maximum atomic E-state index is 13.4. The number of rotatable bonds is 5. The number of hydrogen-bond acceptors (Lipinski definition) is 3. The number of nitrogens with one attached hydrogen (secondary N) is 1. The Bertz CT molecular complexity index is 819. The van der Waals surface area contributed by atoms with Crippen LogP contribution in [0.25, 0.3) is 10.9 Å². The van der Waals surface area contributed by atoms with E-state index in [1.807, 2.05) is 0 Å². The first kappa shape index (κ1) is 15.3. The molecule has 0 amide bonds. The van der Waals surface area contributed by atoms with E-state index in [1.54, 1.807) is 12.1 Å². The summed E-state index contributed by atoms with van der Waals surface area (Å²) >= 11 is 0. The molecule has 1 heterocycles. The number of fused-ring (bicyclic) bond motifs is 1. The summed E-state index contributed by atoms with van der Waals surface area (Å²) in [4.78, 5) is 8.01. The smallest absolute Gasteiger partial charge is 0.161 e. The zero-order valence-corrected chi connectivity index (χ0v) is 12.2. The number of anilines is 1. The fourth-order valence-corrected chi connectivity index (χ4v) is 2.34. The third-order valence-electron chi connectivity index (χ3n) is 3.53. The highest BCUT2D eigenvalue weighted by molar-refractivity contribution is 5.88. The first-order chi connectivity index (χ1) is 11.1. The Labute approximate surface area is 131 Å². The molecule has 0 aliphatic carbocycles. The molecule has 1 N–H and O–H groups in total. The van der Waals surface area contributed by atoms with Gasteiger partial charge in [-0.3, -0.25) is 0 Å². The highest BCUT2D eigenvalue weighted by Crippen LogP contribution is 2.22. The van der Waals surface area contributed by atoms with Crippen LogP contribution in [0.2, 0.25) is 0 Å². The molecule has 3 rings (SSSR count). The van der Waals surface area contributed by atoms with E-state index in [-0.39, 0.29) is 5.82 Å². The van der Waals surface area contributed by atoms with E-state index >= 15 is 0 Å². The van der Waals surface area contributed by atoms with Crippen LogP contribution in [-0.4, -0.2) is 16.5 Å². The molecule has 3 aromatic rings. The predicted molar refractivity (Wildman–Crippen MR) is 82.7 cm³/mol. The molecular formula is C17H14F3N3. The van der Waals surface area contributed by atoms with Gasteiger partial charge < -0.3 is 5.32 Å². The number of halogens is 3. The summed E-state index contributed by atoms with van der Waals surface area (Å²) in [5.41, 5.74) is 1.38. The van der Waals surface area contributed by atoms with E-state index in [9.17, 15) is 13.2 Å². The Kier molecular flexibility index (Phi) is 4.41. The Hall–Kier alpha value is -2.63. The third kappa shape index (κ3) is 3.59. The SMILES string of the molecule is Fc1ccc(CCCNc2ncnc3cc(F)c(F)cc23)cc1. The Morgan fingerprint density at radius 1 is 0.913 bits per heavy atom. The van der Waals surface area contributed by atoms with Gasteiger partial charge in [-0.25, -0.2) is 23.1 Å². The van der Waals surface area contributed by atoms with Gasteiger partial charge in [0.15, 0.2) is 11.6 Å². The first-order valence-electron chi connectivity index (χ1n) is 7.21. The molecule has 0 saturated heterocycles. The molecule has 23 heavy (non-hydrogen) atoms. The lowest BCUT2D eigenvalue weighted by Crippen LogP contribution is -2.06. The van der Waals surface area contributed by atoms with Crippen LogP contribution in [0.4, 0.5) is 19.0 Å². The summed E-state index contributed by atoms with van der Waals surface area (Å²) in [6.07, 6.45) is 2.88. The van der Waals surface area contributed by atoms with Crippen LogP contribution in [0, 0.1) is 17.5 Å². The average molecular weight is 317 g/mol. The van der Waals surface area contributed by atoms with Gasteiger partial charge in [0.1, 0.15) is 18.0 Å². The van der Waals surface area contributed by atoms with Gasteiger partial charge in [0.25, 0.3) is 0 Å². The van der Waals surface area contributed by atoms with Crippen LogP contribution in [0.15, 0.2) is 42.7 Å². The molecule has 0 aliphatic rings. The minimum atomic E-state index is -0.932. The fraction of sp³-hybridized carbons (Fsp3) is 0.176. The topological polar surface area (TPSA) is 37.8 Å². The summed E-state index contributed by atoms with van der Waals surface area (Å²) in [6, 6.07) is 8.49. The molecule has 1 aromatic heterocycles. The number of aryl methyl sites for hydroxylation is 1. The minimum absolute atomic E-state index is 0.256. The van der Waals surface area contributed by atoms with E-state index in [4.69, 9.17) is 0 Å². The summed E-state index contributed by atoms with van der Waals surface area (Å²) in [5, 5.41) is 3.54. The molecule has 0 unspecified atom stereocenters. The molecule has 0 bridgehead atoms. The Morgan fingerprint density at radius 2 is 1.65 bits per heavy atom. The van der Waals surface area contributed by atoms with Crippen molar-refractivity contribution < 1.29 is 13.2 Å². The number of aromatic nitrogens is 2. The lowest BCUT2D eigenvalue weighted by Gasteiger charge is -2.08. The van der Waals surface area contributed by atoms with Gasteiger partial charge in [-0.2, -0.15) is 0 Å². The first-order valence-corrected chi connectivity index (χ1v) is 7.21. The fourth-order valence-electron chi connectivity index (χ4n) is 2.34. The summed E-state index contributed by atoms with van der Waals surface area (Å²) in [7, 11) is 0. The van der Waals surface area contributed by atoms with Crippen LogP contribution in [0.3, 0.4) is 0 Å². The summed E-state index contributed by atoms with van der Waals surface area (Å²) < 4.78 is 39.4. The molecule has 118 valence electrons. The maximum absolute atomic E-state index is 13.4. The van der Waals surface area contributed by atoms with Crippen LogP contribution < -0.4 is 5.32 Å². The largest absolute Gasteiger partial charge is 0.369 e. The predicted octanol–water partition coefficient (Wildman–Crippen LogP) is 4.09. The molecule has 0 aliphatic heterocycles. The third-order valence-corrected chi connectivity index (χ3v) is 3.53. The van der Waals surface area contributed by atoms with E-state index in [1.165, 1.54) is 18.5 Å².